The van der Waals surface area contributed by atoms with Crippen molar-refractivity contribution < 1.29 is 0 Å². The van der Waals surface area contributed by atoms with Crippen molar-refractivity contribution >= 4 is 23.7 Å². The monoisotopic (exact) mass is 334 g/mol. The highest BCUT2D eigenvalue weighted by atomic mass is 32.2. The molecule has 2 aromatic rings. The maximum atomic E-state index is 4.63. The Morgan fingerprint density at radius 1 is 1.00 bits per heavy atom. The SMILES string of the molecule is CSc1ncn(-c2nc(N(C)C)nc(N3CCCCCC3)n2)n1. The Bertz CT molecular complexity index is 648. The number of nitrogens with zero attached hydrogens (tertiary/aromatic N) is 8. The van der Waals surface area contributed by atoms with Crippen LogP contribution < -0.4 is 9.80 Å². The van der Waals surface area contributed by atoms with Crippen LogP contribution in [0, 0.1) is 0 Å². The third-order valence-corrected chi connectivity index (χ3v) is 4.30. The summed E-state index contributed by atoms with van der Waals surface area (Å²) < 4.78 is 1.61. The molecule has 0 bridgehead atoms. The molecular weight excluding hydrogens is 312 g/mol. The predicted molar refractivity (Wildman–Crippen MR) is 91.5 cm³/mol. The van der Waals surface area contributed by atoms with E-state index in [0.29, 0.717) is 17.1 Å². The minimum Gasteiger partial charge on any atom is -0.347 e. The first-order chi connectivity index (χ1) is 11.2. The Morgan fingerprint density at radius 3 is 2.30 bits per heavy atom. The lowest BCUT2D eigenvalue weighted by molar-refractivity contribution is 0.723. The van der Waals surface area contributed by atoms with Gasteiger partial charge in [-0.3, -0.25) is 0 Å². The summed E-state index contributed by atoms with van der Waals surface area (Å²) >= 11 is 1.49. The molecule has 0 spiro atoms. The van der Waals surface area contributed by atoms with Crippen LogP contribution in [0.2, 0.25) is 0 Å². The van der Waals surface area contributed by atoms with Gasteiger partial charge in [0.15, 0.2) is 0 Å². The molecule has 1 aliphatic heterocycles. The van der Waals surface area contributed by atoms with E-state index in [2.05, 4.69) is 29.9 Å². The fourth-order valence-electron chi connectivity index (χ4n) is 2.50. The Hall–Kier alpha value is -1.90. The molecule has 0 aromatic carbocycles. The van der Waals surface area contributed by atoms with E-state index < -0.39 is 0 Å². The molecule has 1 fully saturated rings. The van der Waals surface area contributed by atoms with E-state index in [4.69, 9.17) is 0 Å². The average molecular weight is 334 g/mol. The first-order valence-electron chi connectivity index (χ1n) is 7.82. The van der Waals surface area contributed by atoms with Crippen molar-refractivity contribution in [1.82, 2.24) is 29.7 Å². The van der Waals surface area contributed by atoms with Crippen LogP contribution in [0.25, 0.3) is 5.95 Å². The predicted octanol–water partition coefficient (Wildman–Crippen LogP) is 1.62. The second-order valence-corrected chi connectivity index (χ2v) is 6.48. The zero-order valence-corrected chi connectivity index (χ0v) is 14.6. The molecule has 9 heteroatoms. The van der Waals surface area contributed by atoms with Crippen LogP contribution in [0.3, 0.4) is 0 Å². The van der Waals surface area contributed by atoms with Gasteiger partial charge in [-0.25, -0.2) is 4.98 Å². The van der Waals surface area contributed by atoms with Gasteiger partial charge in [0, 0.05) is 27.2 Å². The van der Waals surface area contributed by atoms with E-state index in [1.807, 2.05) is 25.3 Å². The summed E-state index contributed by atoms with van der Waals surface area (Å²) in [6.45, 7) is 1.98. The Morgan fingerprint density at radius 2 is 1.70 bits per heavy atom. The summed E-state index contributed by atoms with van der Waals surface area (Å²) in [7, 11) is 3.86. The fraction of sp³-hybridized carbons (Fsp3) is 0.643. The standard InChI is InChI=1S/C14H22N8S/c1-20(2)11-16-12(21-8-6-4-5-7-9-21)18-13(17-11)22-10-15-14(19-22)23-3/h10H,4-9H2,1-3H3. The molecule has 2 aromatic heterocycles. The molecule has 0 N–H and O–H groups in total. The van der Waals surface area contributed by atoms with Crippen molar-refractivity contribution in [2.24, 2.45) is 0 Å². The summed E-state index contributed by atoms with van der Waals surface area (Å²) in [4.78, 5) is 22.1. The van der Waals surface area contributed by atoms with Crippen molar-refractivity contribution in [2.45, 2.75) is 30.8 Å². The zero-order chi connectivity index (χ0) is 16.2. The molecule has 0 atom stereocenters. The highest BCUT2D eigenvalue weighted by molar-refractivity contribution is 7.98. The van der Waals surface area contributed by atoms with Crippen LogP contribution in [0.15, 0.2) is 11.5 Å². The molecular formula is C14H22N8S. The molecule has 0 radical (unpaired) electrons. The second-order valence-electron chi connectivity index (χ2n) is 5.71. The van der Waals surface area contributed by atoms with Gasteiger partial charge in [-0.1, -0.05) is 24.6 Å². The van der Waals surface area contributed by atoms with Crippen molar-refractivity contribution in [1.29, 1.82) is 0 Å². The lowest BCUT2D eigenvalue weighted by atomic mass is 10.2. The molecule has 1 aliphatic rings. The van der Waals surface area contributed by atoms with Gasteiger partial charge in [-0.2, -0.15) is 19.6 Å². The summed E-state index contributed by atoms with van der Waals surface area (Å²) in [6, 6.07) is 0. The quantitative estimate of drug-likeness (QED) is 0.781. The topological polar surface area (TPSA) is 75.9 Å². The van der Waals surface area contributed by atoms with E-state index in [0.717, 1.165) is 19.0 Å². The van der Waals surface area contributed by atoms with Crippen molar-refractivity contribution in [3.05, 3.63) is 6.33 Å². The smallest absolute Gasteiger partial charge is 0.258 e. The van der Waals surface area contributed by atoms with Gasteiger partial charge in [0.05, 0.1) is 0 Å². The van der Waals surface area contributed by atoms with Crippen LogP contribution in [0.1, 0.15) is 25.7 Å². The number of hydrogen-bond acceptors (Lipinski definition) is 8. The molecule has 0 amide bonds. The molecule has 0 saturated carbocycles. The van der Waals surface area contributed by atoms with Crippen molar-refractivity contribution in [3.63, 3.8) is 0 Å². The highest BCUT2D eigenvalue weighted by Gasteiger charge is 2.17. The lowest BCUT2D eigenvalue weighted by Gasteiger charge is -2.22. The number of aromatic nitrogens is 6. The molecule has 23 heavy (non-hydrogen) atoms. The van der Waals surface area contributed by atoms with Crippen LogP contribution in [0.4, 0.5) is 11.9 Å². The van der Waals surface area contributed by atoms with E-state index >= 15 is 0 Å². The van der Waals surface area contributed by atoms with Gasteiger partial charge in [0.25, 0.3) is 5.95 Å². The van der Waals surface area contributed by atoms with Crippen LogP contribution >= 0.6 is 11.8 Å². The molecule has 124 valence electrons. The maximum absolute atomic E-state index is 4.63. The zero-order valence-electron chi connectivity index (χ0n) is 13.8. The van der Waals surface area contributed by atoms with Crippen molar-refractivity contribution in [3.8, 4) is 5.95 Å². The highest BCUT2D eigenvalue weighted by Crippen LogP contribution is 2.19. The first kappa shape index (κ1) is 16.0. The van der Waals surface area contributed by atoms with Gasteiger partial charge < -0.3 is 9.80 Å². The average Bonchev–Trinajstić information content (AvgIpc) is 2.88. The number of hydrogen-bond donors (Lipinski definition) is 0. The summed E-state index contributed by atoms with van der Waals surface area (Å²) in [5.41, 5.74) is 0. The van der Waals surface area contributed by atoms with E-state index in [1.165, 1.54) is 37.4 Å². The van der Waals surface area contributed by atoms with E-state index in [9.17, 15) is 0 Å². The summed E-state index contributed by atoms with van der Waals surface area (Å²) in [5.74, 6) is 1.87. The Labute approximate surface area is 140 Å². The maximum Gasteiger partial charge on any atom is 0.258 e. The van der Waals surface area contributed by atoms with Gasteiger partial charge in [-0.15, -0.1) is 5.10 Å². The van der Waals surface area contributed by atoms with Gasteiger partial charge in [-0.05, 0) is 19.1 Å². The van der Waals surface area contributed by atoms with Crippen molar-refractivity contribution in [2.75, 3.05) is 43.2 Å². The van der Waals surface area contributed by atoms with E-state index in [1.54, 1.807) is 11.0 Å². The van der Waals surface area contributed by atoms with Gasteiger partial charge >= 0.3 is 0 Å². The van der Waals surface area contributed by atoms with E-state index in [-0.39, 0.29) is 0 Å². The fourth-order valence-corrected chi connectivity index (χ4v) is 2.82. The molecule has 0 aliphatic carbocycles. The summed E-state index contributed by atoms with van der Waals surface area (Å²) in [5, 5.41) is 5.08. The molecule has 1 saturated heterocycles. The number of rotatable bonds is 4. The Kier molecular flexibility index (Phi) is 4.94. The third-order valence-electron chi connectivity index (χ3n) is 3.75. The Balaban J connectivity index is 1.98. The molecule has 8 nitrogen and oxygen atoms in total. The minimum absolute atomic E-state index is 0.510. The molecule has 3 rings (SSSR count). The van der Waals surface area contributed by atoms with Crippen LogP contribution in [0.5, 0.6) is 0 Å². The van der Waals surface area contributed by atoms with Crippen LogP contribution in [-0.2, 0) is 0 Å². The summed E-state index contributed by atoms with van der Waals surface area (Å²) in [6.07, 6.45) is 8.49. The van der Waals surface area contributed by atoms with Gasteiger partial charge in [0.2, 0.25) is 17.1 Å². The third kappa shape index (κ3) is 3.72. The molecule has 3 heterocycles. The normalized spacial score (nSPS) is 15.5. The first-order valence-corrected chi connectivity index (χ1v) is 9.04. The second kappa shape index (κ2) is 7.12. The minimum atomic E-state index is 0.510. The van der Waals surface area contributed by atoms with Crippen LogP contribution in [-0.4, -0.2) is 63.2 Å². The number of thioether (sulfide) groups is 1. The van der Waals surface area contributed by atoms with Gasteiger partial charge in [0.1, 0.15) is 6.33 Å². The number of anilines is 2. The lowest BCUT2D eigenvalue weighted by Crippen LogP contribution is -2.28. The largest absolute Gasteiger partial charge is 0.347 e. The molecule has 0 unspecified atom stereocenters.